The Balaban J connectivity index is 0.000000900. The molecule has 6 atom stereocenters. The smallest absolute Gasteiger partial charge is 0.321 e. The molecule has 0 aromatic rings. The first-order valence-electron chi connectivity index (χ1n) is 10.3. The number of nitrogens with two attached hydrogens (primary N) is 4. The Morgan fingerprint density at radius 1 is 1.09 bits per heavy atom. The van der Waals surface area contributed by atoms with E-state index < -0.39 is 47.9 Å². The number of carbonyl (C=O) groups is 4. The Bertz CT molecular complexity index is 694. The molecule has 0 heterocycles. The van der Waals surface area contributed by atoms with Gasteiger partial charge in [0.25, 0.3) is 0 Å². The zero-order chi connectivity index (χ0) is 25.2. The van der Waals surface area contributed by atoms with Crippen molar-refractivity contribution >= 4 is 29.7 Å². The number of hydrogen-bond donors (Lipinski definition) is 8. The minimum atomic E-state index is -1.21. The van der Waals surface area contributed by atoms with Gasteiger partial charge in [-0.3, -0.25) is 19.2 Å². The number of hydrogen-bond acceptors (Lipinski definition) is 7. The highest BCUT2D eigenvalue weighted by molar-refractivity contribution is 5.83. The Kier molecular flexibility index (Phi) is 12.2. The van der Waals surface area contributed by atoms with Gasteiger partial charge in [0.1, 0.15) is 6.04 Å². The van der Waals surface area contributed by atoms with Gasteiger partial charge in [-0.25, -0.2) is 4.99 Å². The van der Waals surface area contributed by atoms with Crippen LogP contribution in [-0.4, -0.2) is 69.3 Å². The number of carboxylic acid groups (broad SMARTS) is 2. The summed E-state index contributed by atoms with van der Waals surface area (Å²) in [6, 6.07) is -2.08. The average Bonchev–Trinajstić information content (AvgIpc) is 2.96. The molecule has 32 heavy (non-hydrogen) atoms. The van der Waals surface area contributed by atoms with Crippen molar-refractivity contribution in [2.75, 3.05) is 0 Å². The van der Waals surface area contributed by atoms with E-state index in [2.05, 4.69) is 16.0 Å². The Morgan fingerprint density at radius 3 is 1.94 bits per heavy atom. The Morgan fingerprint density at radius 2 is 1.62 bits per heavy atom. The van der Waals surface area contributed by atoms with Crippen LogP contribution in [0, 0.1) is 17.8 Å². The molecule has 12 N–H and O–H groups in total. The van der Waals surface area contributed by atoms with Gasteiger partial charge >= 0.3 is 11.9 Å². The van der Waals surface area contributed by atoms with Crippen molar-refractivity contribution in [3.05, 3.63) is 0 Å². The second-order valence-electron chi connectivity index (χ2n) is 7.79. The molecule has 0 aliphatic heterocycles. The van der Waals surface area contributed by atoms with E-state index in [9.17, 15) is 29.4 Å². The lowest BCUT2D eigenvalue weighted by Gasteiger charge is -2.35. The monoisotopic (exact) mass is 460 g/mol. The van der Waals surface area contributed by atoms with Crippen LogP contribution < -0.4 is 28.3 Å². The van der Waals surface area contributed by atoms with E-state index in [1.165, 1.54) is 6.92 Å². The number of nitrogens with zero attached hydrogens (tertiary/aromatic N) is 1. The molecule has 1 aliphatic carbocycles. The normalized spacial score (nSPS) is 23.9. The third-order valence-corrected chi connectivity index (χ3v) is 5.46. The van der Waals surface area contributed by atoms with Crippen molar-refractivity contribution in [1.82, 2.24) is 5.32 Å². The fraction of sp³-hybridized carbons (Fsp3) is 0.737. The maximum Gasteiger partial charge on any atom is 0.321 e. The van der Waals surface area contributed by atoms with Gasteiger partial charge in [-0.2, -0.15) is 0 Å². The fourth-order valence-corrected chi connectivity index (χ4v) is 3.95. The van der Waals surface area contributed by atoms with Crippen LogP contribution in [0.3, 0.4) is 0 Å². The molecule has 1 rings (SSSR count). The van der Waals surface area contributed by atoms with Crippen LogP contribution in [0.25, 0.3) is 0 Å². The van der Waals surface area contributed by atoms with Gasteiger partial charge in [0, 0.05) is 18.9 Å². The number of aliphatic hydroxyl groups is 1. The van der Waals surface area contributed by atoms with E-state index >= 15 is 0 Å². The third kappa shape index (κ3) is 9.06. The number of aliphatic carboxylic acids is 2. The van der Waals surface area contributed by atoms with E-state index in [0.29, 0.717) is 0 Å². The summed E-state index contributed by atoms with van der Waals surface area (Å²) in [5, 5.41) is 30.8. The minimum Gasteiger partial charge on any atom is -0.481 e. The first kappa shape index (κ1) is 29.1. The molecule has 1 aliphatic rings. The number of primary amides is 1. The lowest BCUT2D eigenvalue weighted by molar-refractivity contribution is -0.145. The third-order valence-electron chi connectivity index (χ3n) is 5.46. The highest BCUT2D eigenvalue weighted by atomic mass is 16.4. The molecule has 13 nitrogen and oxygen atoms in total. The number of guanidine groups is 1. The lowest BCUT2D eigenvalue weighted by Crippen LogP contribution is -2.51. The van der Waals surface area contributed by atoms with E-state index in [4.69, 9.17) is 22.3 Å². The van der Waals surface area contributed by atoms with Crippen LogP contribution in [-0.2, 0) is 19.2 Å². The van der Waals surface area contributed by atoms with Gasteiger partial charge in [-0.1, -0.05) is 26.7 Å². The van der Waals surface area contributed by atoms with Crippen molar-refractivity contribution in [3.8, 4) is 0 Å². The molecule has 0 spiro atoms. The topological polar surface area (TPSA) is 257 Å². The van der Waals surface area contributed by atoms with Crippen LogP contribution in [0.15, 0.2) is 4.99 Å². The van der Waals surface area contributed by atoms with Gasteiger partial charge < -0.3 is 43.6 Å². The number of aliphatic imine (C=N–C) groups is 1. The zero-order valence-electron chi connectivity index (χ0n) is 18.6. The number of rotatable bonds is 10. The summed E-state index contributed by atoms with van der Waals surface area (Å²) in [5.41, 5.74) is 20.5. The summed E-state index contributed by atoms with van der Waals surface area (Å²) in [6.45, 7) is 5.39. The van der Waals surface area contributed by atoms with Crippen molar-refractivity contribution in [3.63, 3.8) is 0 Å². The molecule has 0 radical (unpaired) electrons. The van der Waals surface area contributed by atoms with Crippen LogP contribution in [0.2, 0.25) is 0 Å². The first-order chi connectivity index (χ1) is 14.8. The van der Waals surface area contributed by atoms with E-state index in [1.807, 2.05) is 13.8 Å². The van der Waals surface area contributed by atoms with E-state index in [-0.39, 0.29) is 36.7 Å². The van der Waals surface area contributed by atoms with Gasteiger partial charge in [0.15, 0.2) is 5.96 Å². The molecule has 1 unspecified atom stereocenters. The van der Waals surface area contributed by atoms with Crippen molar-refractivity contribution in [2.45, 2.75) is 70.7 Å². The number of nitrogens with one attached hydrogen (secondary N) is 1. The molecule has 13 heteroatoms. The van der Waals surface area contributed by atoms with Gasteiger partial charge in [-0.15, -0.1) is 0 Å². The second-order valence-corrected chi connectivity index (χ2v) is 7.79. The molecule has 0 bridgehead atoms. The number of carbonyl (C=O) groups excluding carboxylic acids is 2. The summed E-state index contributed by atoms with van der Waals surface area (Å²) in [7, 11) is 0. The number of amides is 2. The summed E-state index contributed by atoms with van der Waals surface area (Å²) in [5.74, 6) is -4.75. The summed E-state index contributed by atoms with van der Waals surface area (Å²) in [6.07, 6.45) is 0.302. The van der Waals surface area contributed by atoms with E-state index in [1.54, 1.807) is 0 Å². The zero-order valence-corrected chi connectivity index (χ0v) is 18.6. The molecular formula is C19H36N6O7. The molecule has 1 fully saturated rings. The summed E-state index contributed by atoms with van der Waals surface area (Å²) >= 11 is 0. The second kappa shape index (κ2) is 13.5. The molecular weight excluding hydrogens is 424 g/mol. The highest BCUT2D eigenvalue weighted by Gasteiger charge is 2.50. The van der Waals surface area contributed by atoms with Crippen molar-refractivity contribution < 1.29 is 34.5 Å². The highest BCUT2D eigenvalue weighted by Crippen LogP contribution is 2.39. The molecule has 0 aromatic carbocycles. The number of aliphatic hydroxyl groups excluding tert-OH is 1. The number of carboxylic acids is 2. The lowest BCUT2D eigenvalue weighted by atomic mass is 9.80. The van der Waals surface area contributed by atoms with Crippen LogP contribution in [0.1, 0.15) is 46.5 Å². The first-order valence-corrected chi connectivity index (χ1v) is 10.3. The standard InChI is InChI=1S/C15H28N4O4.C4H8N2O3/c1-4-8(5-2)12(18-7(3)20)11-10(19-15(16)17)6-9(13(11)21)14(22)23;5-2(4(8)9)1-3(6)7/h8-13,21H,4-6H2,1-3H3,(H,18,20)(H,22,23)(H4,16,17,19);2H,1,5H2,(H2,6,7)(H,8,9)/t9-,10+,11+,12-,13+;/m0./s1. The van der Waals surface area contributed by atoms with Crippen LogP contribution >= 0.6 is 0 Å². The predicted octanol–water partition coefficient (Wildman–Crippen LogP) is -2.08. The largest absolute Gasteiger partial charge is 0.481 e. The molecule has 0 saturated heterocycles. The van der Waals surface area contributed by atoms with Gasteiger partial charge in [-0.05, 0) is 12.3 Å². The maximum atomic E-state index is 11.6. The summed E-state index contributed by atoms with van der Waals surface area (Å²) < 4.78 is 0. The Labute approximate surface area is 186 Å². The minimum absolute atomic E-state index is 0.0998. The quantitative estimate of drug-likeness (QED) is 0.130. The SMILES string of the molecule is CCC(CC)[C@H](NC(C)=O)[C@@H]1[C@H](O)[C@@H](C(=O)O)C[C@H]1N=C(N)N.NC(=O)CC(N)C(=O)O. The molecule has 2 amide bonds. The van der Waals surface area contributed by atoms with E-state index in [0.717, 1.165) is 12.8 Å². The van der Waals surface area contributed by atoms with Crippen molar-refractivity contribution in [2.24, 2.45) is 45.7 Å². The maximum absolute atomic E-state index is 11.6. The van der Waals surface area contributed by atoms with Crippen molar-refractivity contribution in [1.29, 1.82) is 0 Å². The van der Waals surface area contributed by atoms with Crippen LogP contribution in [0.5, 0.6) is 0 Å². The van der Waals surface area contributed by atoms with Gasteiger partial charge in [0.2, 0.25) is 11.8 Å². The molecule has 0 aromatic heterocycles. The molecule has 184 valence electrons. The van der Waals surface area contributed by atoms with Crippen LogP contribution in [0.4, 0.5) is 0 Å². The summed E-state index contributed by atoms with van der Waals surface area (Å²) in [4.78, 5) is 47.0. The average molecular weight is 461 g/mol. The molecule has 1 saturated carbocycles. The Hall–Kier alpha value is -2.93. The van der Waals surface area contributed by atoms with Gasteiger partial charge in [0.05, 0.1) is 24.5 Å². The fourth-order valence-electron chi connectivity index (χ4n) is 3.95. The predicted molar refractivity (Wildman–Crippen MR) is 116 cm³/mol.